The van der Waals surface area contributed by atoms with Gasteiger partial charge in [0.05, 0.1) is 38.9 Å². The maximum Gasteiger partial charge on any atom is 0.341 e. The van der Waals surface area contributed by atoms with Gasteiger partial charge in [-0.3, -0.25) is 9.59 Å². The SMILES string of the molecule is COC(=O)C(c1cccc(OC)c1)C1C=CC=C(C(=O)OCCn2ccnc2)C1=O. The van der Waals surface area contributed by atoms with Gasteiger partial charge >= 0.3 is 11.9 Å². The zero-order chi connectivity index (χ0) is 21.5. The number of hydrogen-bond acceptors (Lipinski definition) is 7. The third-order valence-corrected chi connectivity index (χ3v) is 4.78. The topological polar surface area (TPSA) is 96.7 Å². The molecule has 0 N–H and O–H groups in total. The number of benzene rings is 1. The molecule has 0 aliphatic heterocycles. The van der Waals surface area contributed by atoms with E-state index < -0.39 is 29.6 Å². The van der Waals surface area contributed by atoms with Crippen molar-refractivity contribution < 1.29 is 28.6 Å². The van der Waals surface area contributed by atoms with Crippen LogP contribution >= 0.6 is 0 Å². The zero-order valence-electron chi connectivity index (χ0n) is 16.7. The number of hydrogen-bond donors (Lipinski definition) is 0. The molecule has 1 aromatic carbocycles. The Hall–Kier alpha value is -3.68. The summed E-state index contributed by atoms with van der Waals surface area (Å²) in [6.45, 7) is 0.506. The molecule has 1 aliphatic rings. The van der Waals surface area contributed by atoms with Crippen LogP contribution in [0.1, 0.15) is 11.5 Å². The molecular weight excluding hydrogens is 388 g/mol. The molecule has 0 bridgehead atoms. The number of allylic oxidation sites excluding steroid dienone is 3. The fourth-order valence-corrected chi connectivity index (χ4v) is 3.24. The van der Waals surface area contributed by atoms with Crippen LogP contribution in [0.3, 0.4) is 0 Å². The molecule has 30 heavy (non-hydrogen) atoms. The lowest BCUT2D eigenvalue weighted by Gasteiger charge is -2.24. The molecule has 2 unspecified atom stereocenters. The average Bonchev–Trinajstić information content (AvgIpc) is 3.28. The van der Waals surface area contributed by atoms with Crippen molar-refractivity contribution >= 4 is 17.7 Å². The van der Waals surface area contributed by atoms with Crippen molar-refractivity contribution in [3.05, 3.63) is 72.4 Å². The third-order valence-electron chi connectivity index (χ3n) is 4.78. The average molecular weight is 410 g/mol. The molecule has 1 aliphatic carbocycles. The van der Waals surface area contributed by atoms with Gasteiger partial charge in [0.1, 0.15) is 17.9 Å². The standard InChI is InChI=1S/C22H22N2O6/c1-28-16-6-3-5-15(13-16)19(22(27)29-2)17-7-4-8-18(20(17)25)21(26)30-12-11-24-10-9-23-14-24/h3-10,13-14,17,19H,11-12H2,1-2H3. The molecule has 0 spiro atoms. The molecule has 2 aromatic rings. The second kappa shape index (κ2) is 9.69. The summed E-state index contributed by atoms with van der Waals surface area (Å²) in [4.78, 5) is 42.0. The number of imidazole rings is 1. The van der Waals surface area contributed by atoms with E-state index in [-0.39, 0.29) is 12.2 Å². The number of aromatic nitrogens is 2. The predicted octanol–water partition coefficient (Wildman–Crippen LogP) is 2.07. The number of ether oxygens (including phenoxy) is 3. The second-order valence-electron chi connectivity index (χ2n) is 6.57. The first-order valence-electron chi connectivity index (χ1n) is 9.32. The molecule has 0 saturated carbocycles. The molecular formula is C22H22N2O6. The second-order valence-corrected chi connectivity index (χ2v) is 6.57. The lowest BCUT2D eigenvalue weighted by atomic mass is 9.79. The Morgan fingerprint density at radius 2 is 2.10 bits per heavy atom. The number of carbonyl (C=O) groups excluding carboxylic acids is 3. The normalized spacial score (nSPS) is 16.5. The summed E-state index contributed by atoms with van der Waals surface area (Å²) in [6.07, 6.45) is 9.54. The van der Waals surface area contributed by atoms with E-state index in [0.717, 1.165) is 0 Å². The molecule has 0 radical (unpaired) electrons. The Labute approximate surface area is 173 Å². The van der Waals surface area contributed by atoms with Gasteiger partial charge in [0.15, 0.2) is 5.78 Å². The summed E-state index contributed by atoms with van der Waals surface area (Å²) in [5.41, 5.74) is 0.448. The maximum atomic E-state index is 13.1. The summed E-state index contributed by atoms with van der Waals surface area (Å²) in [5, 5.41) is 0. The minimum absolute atomic E-state index is 0.0878. The van der Waals surface area contributed by atoms with Crippen molar-refractivity contribution in [1.29, 1.82) is 0 Å². The van der Waals surface area contributed by atoms with Crippen molar-refractivity contribution in [1.82, 2.24) is 9.55 Å². The first-order chi connectivity index (χ1) is 14.5. The van der Waals surface area contributed by atoms with Gasteiger partial charge in [-0.05, 0) is 23.8 Å². The number of nitrogens with zero attached hydrogens (tertiary/aromatic N) is 2. The zero-order valence-corrected chi connectivity index (χ0v) is 16.7. The van der Waals surface area contributed by atoms with Crippen LogP contribution < -0.4 is 4.74 Å². The number of carbonyl (C=O) groups is 3. The van der Waals surface area contributed by atoms with Gasteiger partial charge in [-0.2, -0.15) is 0 Å². The lowest BCUT2D eigenvalue weighted by molar-refractivity contribution is -0.146. The number of Topliss-reactive ketones (excluding diaryl/α,β-unsaturated/α-hetero) is 1. The van der Waals surface area contributed by atoms with Crippen LogP contribution in [0.25, 0.3) is 0 Å². The number of esters is 2. The third kappa shape index (κ3) is 4.65. The van der Waals surface area contributed by atoms with Crippen LogP contribution in [0.5, 0.6) is 5.75 Å². The Balaban J connectivity index is 1.76. The van der Waals surface area contributed by atoms with Crippen LogP contribution in [0, 0.1) is 5.92 Å². The molecule has 0 amide bonds. The largest absolute Gasteiger partial charge is 0.497 e. The summed E-state index contributed by atoms with van der Waals surface area (Å²) >= 11 is 0. The predicted molar refractivity (Wildman–Crippen MR) is 107 cm³/mol. The first kappa shape index (κ1) is 21.0. The minimum atomic E-state index is -0.920. The van der Waals surface area contributed by atoms with Crippen molar-refractivity contribution in [2.75, 3.05) is 20.8 Å². The van der Waals surface area contributed by atoms with Crippen molar-refractivity contribution in [3.8, 4) is 5.75 Å². The number of methoxy groups -OCH3 is 2. The summed E-state index contributed by atoms with van der Waals surface area (Å²) < 4.78 is 17.1. The van der Waals surface area contributed by atoms with Crippen molar-refractivity contribution in [3.63, 3.8) is 0 Å². The molecule has 2 atom stereocenters. The van der Waals surface area contributed by atoms with Gasteiger partial charge in [0.2, 0.25) is 0 Å². The Bertz CT molecular complexity index is 977. The quantitative estimate of drug-likeness (QED) is 0.485. The monoisotopic (exact) mass is 410 g/mol. The highest BCUT2D eigenvalue weighted by atomic mass is 16.5. The molecule has 156 valence electrons. The molecule has 0 fully saturated rings. The van der Waals surface area contributed by atoms with Crippen molar-refractivity contribution in [2.45, 2.75) is 12.5 Å². The number of rotatable bonds is 8. The van der Waals surface area contributed by atoms with E-state index in [1.54, 1.807) is 59.7 Å². The van der Waals surface area contributed by atoms with Crippen LogP contribution in [0.15, 0.2) is 66.8 Å². The number of ketones is 1. The maximum absolute atomic E-state index is 13.1. The van der Waals surface area contributed by atoms with Gasteiger partial charge in [-0.15, -0.1) is 0 Å². The Kier molecular flexibility index (Phi) is 6.79. The molecule has 1 aromatic heterocycles. The van der Waals surface area contributed by atoms with E-state index in [1.807, 2.05) is 0 Å². The van der Waals surface area contributed by atoms with E-state index in [1.165, 1.54) is 20.3 Å². The van der Waals surface area contributed by atoms with E-state index in [2.05, 4.69) is 4.98 Å². The highest BCUT2D eigenvalue weighted by molar-refractivity contribution is 6.20. The Morgan fingerprint density at radius 1 is 1.27 bits per heavy atom. The van der Waals surface area contributed by atoms with Gasteiger partial charge < -0.3 is 18.8 Å². The smallest absolute Gasteiger partial charge is 0.341 e. The molecule has 3 rings (SSSR count). The fraction of sp³-hybridized carbons (Fsp3) is 0.273. The fourth-order valence-electron chi connectivity index (χ4n) is 3.24. The van der Waals surface area contributed by atoms with E-state index in [0.29, 0.717) is 17.9 Å². The summed E-state index contributed by atoms with van der Waals surface area (Å²) in [7, 11) is 2.77. The van der Waals surface area contributed by atoms with Gasteiger partial charge in [0.25, 0.3) is 0 Å². The van der Waals surface area contributed by atoms with Crippen molar-refractivity contribution in [2.24, 2.45) is 5.92 Å². The molecule has 1 heterocycles. The van der Waals surface area contributed by atoms with Gasteiger partial charge in [-0.1, -0.05) is 24.3 Å². The minimum Gasteiger partial charge on any atom is -0.497 e. The van der Waals surface area contributed by atoms with Crippen LogP contribution in [-0.2, 0) is 30.4 Å². The van der Waals surface area contributed by atoms with Crippen LogP contribution in [0.4, 0.5) is 0 Å². The van der Waals surface area contributed by atoms with Crippen LogP contribution in [-0.4, -0.2) is 48.1 Å². The summed E-state index contributed by atoms with van der Waals surface area (Å²) in [6, 6.07) is 6.85. The highest BCUT2D eigenvalue weighted by Gasteiger charge is 2.38. The van der Waals surface area contributed by atoms with E-state index in [4.69, 9.17) is 14.2 Å². The molecule has 0 saturated heterocycles. The molecule has 8 heteroatoms. The van der Waals surface area contributed by atoms with Gasteiger partial charge in [-0.25, -0.2) is 9.78 Å². The molecule has 8 nitrogen and oxygen atoms in total. The Morgan fingerprint density at radius 3 is 2.80 bits per heavy atom. The first-order valence-corrected chi connectivity index (χ1v) is 9.32. The lowest BCUT2D eigenvalue weighted by Crippen LogP contribution is -2.32. The summed E-state index contributed by atoms with van der Waals surface area (Å²) in [5.74, 6) is -3.08. The van der Waals surface area contributed by atoms with Gasteiger partial charge in [0, 0.05) is 12.4 Å². The van der Waals surface area contributed by atoms with Crippen LogP contribution in [0.2, 0.25) is 0 Å². The highest BCUT2D eigenvalue weighted by Crippen LogP contribution is 2.33. The van der Waals surface area contributed by atoms with E-state index >= 15 is 0 Å². The van der Waals surface area contributed by atoms with E-state index in [9.17, 15) is 14.4 Å².